The number of carbonyl (C=O) groups excluding carboxylic acids is 1. The number of carbonyl (C=O) groups is 1. The number of nitrogens with zero attached hydrogens (tertiary/aromatic N) is 1. The van der Waals surface area contributed by atoms with E-state index in [4.69, 9.17) is 0 Å². The van der Waals surface area contributed by atoms with Crippen molar-refractivity contribution in [1.29, 1.82) is 0 Å². The molecule has 86 valence electrons. The molecule has 1 fully saturated rings. The number of amides is 1. The third-order valence-electron chi connectivity index (χ3n) is 2.70. The molecule has 0 saturated carbocycles. The van der Waals surface area contributed by atoms with Crippen molar-refractivity contribution in [2.24, 2.45) is 5.92 Å². The highest BCUT2D eigenvalue weighted by Gasteiger charge is 2.21. The van der Waals surface area contributed by atoms with Gasteiger partial charge in [0.25, 0.3) is 0 Å². The normalized spacial score (nSPS) is 20.4. The van der Waals surface area contributed by atoms with E-state index in [-0.39, 0.29) is 17.5 Å². The lowest BCUT2D eigenvalue weighted by Crippen LogP contribution is -2.37. The van der Waals surface area contributed by atoms with Crippen LogP contribution < -0.4 is 10.6 Å². The summed E-state index contributed by atoms with van der Waals surface area (Å²) in [6.45, 7) is 1.62. The van der Waals surface area contributed by atoms with Gasteiger partial charge in [0.15, 0.2) is 5.82 Å². The van der Waals surface area contributed by atoms with Crippen molar-refractivity contribution in [1.82, 2.24) is 10.3 Å². The second-order valence-electron chi connectivity index (χ2n) is 3.89. The second-order valence-corrected chi connectivity index (χ2v) is 3.89. The van der Waals surface area contributed by atoms with E-state index in [1.54, 1.807) is 0 Å². The van der Waals surface area contributed by atoms with Gasteiger partial charge in [-0.3, -0.25) is 9.78 Å². The van der Waals surface area contributed by atoms with E-state index in [0.717, 1.165) is 25.6 Å². The smallest absolute Gasteiger partial charge is 0.228 e. The van der Waals surface area contributed by atoms with Gasteiger partial charge in [0.1, 0.15) is 0 Å². The summed E-state index contributed by atoms with van der Waals surface area (Å²) >= 11 is 0. The van der Waals surface area contributed by atoms with Crippen LogP contribution in [0.3, 0.4) is 0 Å². The van der Waals surface area contributed by atoms with Crippen molar-refractivity contribution in [3.8, 4) is 0 Å². The van der Waals surface area contributed by atoms with Crippen LogP contribution in [-0.2, 0) is 4.79 Å². The summed E-state index contributed by atoms with van der Waals surface area (Å²) in [5.41, 5.74) is 0.200. The SMILES string of the molecule is O=C(Nc1ccncc1F)[C@@H]1CCCNC1. The number of piperidine rings is 1. The van der Waals surface area contributed by atoms with Crippen LogP contribution in [-0.4, -0.2) is 24.0 Å². The number of aromatic nitrogens is 1. The summed E-state index contributed by atoms with van der Waals surface area (Å²) < 4.78 is 13.2. The lowest BCUT2D eigenvalue weighted by atomic mass is 9.99. The van der Waals surface area contributed by atoms with Crippen LogP contribution >= 0.6 is 0 Å². The summed E-state index contributed by atoms with van der Waals surface area (Å²) in [5.74, 6) is -0.696. The van der Waals surface area contributed by atoms with E-state index in [2.05, 4.69) is 15.6 Å². The molecule has 5 heteroatoms. The summed E-state index contributed by atoms with van der Waals surface area (Å²) in [4.78, 5) is 15.4. The van der Waals surface area contributed by atoms with Gasteiger partial charge in [0.05, 0.1) is 17.8 Å². The fourth-order valence-corrected chi connectivity index (χ4v) is 1.79. The fourth-order valence-electron chi connectivity index (χ4n) is 1.79. The van der Waals surface area contributed by atoms with Gasteiger partial charge in [-0.15, -0.1) is 0 Å². The maximum Gasteiger partial charge on any atom is 0.228 e. The molecule has 0 spiro atoms. The first-order valence-electron chi connectivity index (χ1n) is 5.38. The predicted molar refractivity (Wildman–Crippen MR) is 58.4 cm³/mol. The van der Waals surface area contributed by atoms with Crippen molar-refractivity contribution in [2.45, 2.75) is 12.8 Å². The standard InChI is InChI=1S/C11H14FN3O/c12-9-7-14-5-3-10(9)15-11(16)8-2-1-4-13-6-8/h3,5,7-8,13H,1-2,4,6H2,(H,14,15,16)/t8-/m1/s1. The Labute approximate surface area is 93.3 Å². The minimum atomic E-state index is -0.500. The third-order valence-corrected chi connectivity index (χ3v) is 2.70. The average Bonchev–Trinajstić information content (AvgIpc) is 2.33. The summed E-state index contributed by atoms with van der Waals surface area (Å²) in [7, 11) is 0. The molecule has 0 bridgehead atoms. The summed E-state index contributed by atoms with van der Waals surface area (Å²) in [6.07, 6.45) is 4.38. The molecule has 2 heterocycles. The highest BCUT2D eigenvalue weighted by molar-refractivity contribution is 5.92. The number of hydrogen-bond acceptors (Lipinski definition) is 3. The minimum absolute atomic E-state index is 0.0682. The number of nitrogens with one attached hydrogen (secondary N) is 2. The largest absolute Gasteiger partial charge is 0.323 e. The molecule has 2 N–H and O–H groups in total. The molecule has 1 aromatic rings. The molecule has 0 aromatic carbocycles. The predicted octanol–water partition coefficient (Wildman–Crippen LogP) is 1.16. The Bertz CT molecular complexity index is 377. The molecular weight excluding hydrogens is 209 g/mol. The zero-order chi connectivity index (χ0) is 11.4. The zero-order valence-electron chi connectivity index (χ0n) is 8.87. The monoisotopic (exact) mass is 223 g/mol. The van der Waals surface area contributed by atoms with Gasteiger partial charge in [-0.2, -0.15) is 0 Å². The third kappa shape index (κ3) is 2.55. The highest BCUT2D eigenvalue weighted by Crippen LogP contribution is 2.15. The van der Waals surface area contributed by atoms with Crippen LogP contribution in [0.25, 0.3) is 0 Å². The molecule has 0 radical (unpaired) electrons. The number of halogens is 1. The molecule has 4 nitrogen and oxygen atoms in total. The van der Waals surface area contributed by atoms with Gasteiger partial charge in [0.2, 0.25) is 5.91 Å². The Morgan fingerprint density at radius 1 is 1.62 bits per heavy atom. The molecule has 1 aliphatic rings. The first-order chi connectivity index (χ1) is 7.77. The van der Waals surface area contributed by atoms with Gasteiger partial charge < -0.3 is 10.6 Å². The Morgan fingerprint density at radius 2 is 2.50 bits per heavy atom. The number of anilines is 1. The van der Waals surface area contributed by atoms with Crippen molar-refractivity contribution >= 4 is 11.6 Å². The van der Waals surface area contributed by atoms with Crippen LogP contribution in [0.4, 0.5) is 10.1 Å². The van der Waals surface area contributed by atoms with Gasteiger partial charge in [-0.1, -0.05) is 0 Å². The van der Waals surface area contributed by atoms with E-state index in [1.807, 2.05) is 0 Å². The number of pyridine rings is 1. The molecule has 0 unspecified atom stereocenters. The Balaban J connectivity index is 1.99. The summed E-state index contributed by atoms with van der Waals surface area (Å²) in [6, 6.07) is 1.46. The second kappa shape index (κ2) is 5.03. The summed E-state index contributed by atoms with van der Waals surface area (Å²) in [5, 5.41) is 5.74. The molecule has 16 heavy (non-hydrogen) atoms. The molecule has 1 aromatic heterocycles. The highest BCUT2D eigenvalue weighted by atomic mass is 19.1. The maximum absolute atomic E-state index is 13.2. The molecule has 1 amide bonds. The van der Waals surface area contributed by atoms with Gasteiger partial charge in [0, 0.05) is 12.7 Å². The Morgan fingerprint density at radius 3 is 3.19 bits per heavy atom. The molecule has 0 aliphatic carbocycles. The van der Waals surface area contributed by atoms with Crippen LogP contribution in [0.5, 0.6) is 0 Å². The quantitative estimate of drug-likeness (QED) is 0.791. The van der Waals surface area contributed by atoms with Crippen molar-refractivity contribution in [3.63, 3.8) is 0 Å². The molecule has 2 rings (SSSR count). The Kier molecular flexibility index (Phi) is 3.46. The lowest BCUT2D eigenvalue weighted by molar-refractivity contribution is -0.120. The average molecular weight is 223 g/mol. The Hall–Kier alpha value is -1.49. The lowest BCUT2D eigenvalue weighted by Gasteiger charge is -2.21. The minimum Gasteiger partial charge on any atom is -0.323 e. The topological polar surface area (TPSA) is 54.0 Å². The fraction of sp³-hybridized carbons (Fsp3) is 0.455. The van der Waals surface area contributed by atoms with Crippen LogP contribution in [0, 0.1) is 11.7 Å². The van der Waals surface area contributed by atoms with E-state index in [9.17, 15) is 9.18 Å². The van der Waals surface area contributed by atoms with Gasteiger partial charge in [-0.05, 0) is 25.5 Å². The van der Waals surface area contributed by atoms with Crippen molar-refractivity contribution in [3.05, 3.63) is 24.3 Å². The first-order valence-corrected chi connectivity index (χ1v) is 5.38. The molecule has 1 aliphatic heterocycles. The van der Waals surface area contributed by atoms with E-state index >= 15 is 0 Å². The number of hydrogen-bond donors (Lipinski definition) is 2. The molecule has 1 atom stereocenters. The molecular formula is C11H14FN3O. The number of rotatable bonds is 2. The van der Waals surface area contributed by atoms with Gasteiger partial charge >= 0.3 is 0 Å². The van der Waals surface area contributed by atoms with Crippen LogP contribution in [0.15, 0.2) is 18.5 Å². The zero-order valence-corrected chi connectivity index (χ0v) is 8.87. The van der Waals surface area contributed by atoms with Crippen molar-refractivity contribution < 1.29 is 9.18 Å². The van der Waals surface area contributed by atoms with Crippen LogP contribution in [0.2, 0.25) is 0 Å². The van der Waals surface area contributed by atoms with E-state index in [1.165, 1.54) is 12.3 Å². The first kappa shape index (κ1) is 11.0. The molecule has 1 saturated heterocycles. The van der Waals surface area contributed by atoms with E-state index < -0.39 is 5.82 Å². The van der Waals surface area contributed by atoms with Crippen LogP contribution in [0.1, 0.15) is 12.8 Å². The van der Waals surface area contributed by atoms with Crippen molar-refractivity contribution in [2.75, 3.05) is 18.4 Å². The maximum atomic E-state index is 13.2. The van der Waals surface area contributed by atoms with Gasteiger partial charge in [-0.25, -0.2) is 4.39 Å². The van der Waals surface area contributed by atoms with E-state index in [0.29, 0.717) is 6.54 Å².